The summed E-state index contributed by atoms with van der Waals surface area (Å²) in [5.41, 5.74) is 4.18. The molecule has 0 fully saturated rings. The number of hydrogen-bond donors (Lipinski definition) is 0. The second-order valence-corrected chi connectivity index (χ2v) is 14.2. The second-order valence-electron chi connectivity index (χ2n) is 9.96. The minimum atomic E-state index is -0.940. The first-order valence-electron chi connectivity index (χ1n) is 14.7. The Hall–Kier alpha value is -2.58. The zero-order valence-corrected chi connectivity index (χ0v) is 32.1. The Labute approximate surface area is 316 Å². The number of rotatable bonds is 10. The van der Waals surface area contributed by atoms with Crippen LogP contribution in [0, 0.1) is 12.1 Å². The Kier molecular flexibility index (Phi) is 19.7. The van der Waals surface area contributed by atoms with Gasteiger partial charge in [-0.2, -0.15) is 71.8 Å². The SMILES string of the molecule is O=C(c1ccccc1)P(Cc1[c-]cccc1)c1ccccc1.O=C(c1ccccc1)P(Cc1[c-]cccc1)c1ccccc1.[Cl][Pd+].[Cl][Pd+]. The van der Waals surface area contributed by atoms with Crippen molar-refractivity contribution in [3.05, 3.63) is 204 Å². The molecule has 2 atom stereocenters. The first-order valence-corrected chi connectivity index (χ1v) is 21.7. The van der Waals surface area contributed by atoms with E-state index in [1.54, 1.807) is 0 Å². The molecule has 6 aromatic rings. The average Bonchev–Trinajstić information content (AvgIpc) is 3.19. The summed E-state index contributed by atoms with van der Waals surface area (Å²) in [6.45, 7) is 0. The van der Waals surface area contributed by atoms with E-state index in [1.807, 2.05) is 146 Å². The van der Waals surface area contributed by atoms with E-state index >= 15 is 0 Å². The molecule has 2 nitrogen and oxygen atoms in total. The maximum atomic E-state index is 13.0. The van der Waals surface area contributed by atoms with Gasteiger partial charge in [0.1, 0.15) is 0 Å². The molecule has 0 aromatic heterocycles. The van der Waals surface area contributed by atoms with Gasteiger partial charge in [0.05, 0.1) is 0 Å². The van der Waals surface area contributed by atoms with Gasteiger partial charge in [-0.15, -0.1) is 0 Å². The fraction of sp³-hybridized carbons (Fsp3) is 0.0500. The molecule has 48 heavy (non-hydrogen) atoms. The molecule has 0 N–H and O–H groups in total. The molecule has 248 valence electrons. The van der Waals surface area contributed by atoms with Gasteiger partial charge in [-0.25, -0.2) is 0 Å². The van der Waals surface area contributed by atoms with Crippen LogP contribution in [-0.4, -0.2) is 11.0 Å². The average molecular weight is 890 g/mol. The minimum absolute atomic E-state index is 0.221. The van der Waals surface area contributed by atoms with E-state index in [1.165, 1.54) is 0 Å². The van der Waals surface area contributed by atoms with Crippen LogP contribution in [0.5, 0.6) is 0 Å². The molecule has 8 heteroatoms. The zero-order valence-electron chi connectivity index (χ0n) is 25.7. The summed E-state index contributed by atoms with van der Waals surface area (Å²) in [5.74, 6) is 0. The Bertz CT molecular complexity index is 1600. The van der Waals surface area contributed by atoms with Crippen molar-refractivity contribution >= 4 is 56.6 Å². The van der Waals surface area contributed by atoms with Crippen molar-refractivity contribution in [2.45, 2.75) is 12.3 Å². The molecule has 2 unspecified atom stereocenters. The molecular weight excluding hydrogens is 858 g/mol. The van der Waals surface area contributed by atoms with Gasteiger partial charge < -0.3 is 0 Å². The van der Waals surface area contributed by atoms with Crippen LogP contribution in [0.15, 0.2) is 170 Å². The van der Waals surface area contributed by atoms with E-state index in [0.29, 0.717) is 0 Å². The van der Waals surface area contributed by atoms with E-state index in [4.69, 9.17) is 0 Å². The van der Waals surface area contributed by atoms with Gasteiger partial charge in [0, 0.05) is 27.0 Å². The Morgan fingerprint density at radius 3 is 1.02 bits per heavy atom. The molecular formula is C40H32Cl2O2P2Pd2. The second kappa shape index (κ2) is 23.7. The monoisotopic (exact) mass is 888 g/mol. The van der Waals surface area contributed by atoms with Crippen LogP contribution < -0.4 is 10.6 Å². The standard InChI is InChI=1S/2C20H16OP.2ClH.2Pd/c2*21-20(18-12-6-2-7-13-18)22(19-14-8-3-9-15-19)16-17-10-4-1-5-11-17;;;;/h2*1-10,12-15H,16H2;2*1H;;/q2*-1;;;2*+2/p-2. The third-order valence-corrected chi connectivity index (χ3v) is 11.5. The van der Waals surface area contributed by atoms with E-state index in [2.05, 4.69) is 91.8 Å². The van der Waals surface area contributed by atoms with Crippen LogP contribution in [0.4, 0.5) is 0 Å². The van der Waals surface area contributed by atoms with Crippen LogP contribution in [0.3, 0.4) is 0 Å². The van der Waals surface area contributed by atoms with Crippen molar-refractivity contribution in [1.82, 2.24) is 0 Å². The summed E-state index contributed by atoms with van der Waals surface area (Å²) in [5, 5.41) is 2.23. The number of hydrogen-bond acceptors (Lipinski definition) is 2. The number of carbonyl (C=O) groups is 2. The topological polar surface area (TPSA) is 34.1 Å². The number of halogens is 2. The van der Waals surface area contributed by atoms with Gasteiger partial charge >= 0.3 is 55.4 Å². The van der Waals surface area contributed by atoms with Crippen LogP contribution in [0.25, 0.3) is 0 Å². The summed E-state index contributed by atoms with van der Waals surface area (Å²) >= 11 is 4.44. The molecule has 0 bridgehead atoms. The van der Waals surface area contributed by atoms with Crippen LogP contribution in [0.2, 0.25) is 0 Å². The molecule has 6 rings (SSSR count). The van der Waals surface area contributed by atoms with Gasteiger partial charge in [0.2, 0.25) is 0 Å². The summed E-state index contributed by atoms with van der Waals surface area (Å²) in [6.07, 6.45) is 1.46. The molecule has 0 aliphatic rings. The molecule has 0 aliphatic carbocycles. The van der Waals surface area contributed by atoms with E-state index in [9.17, 15) is 9.59 Å². The van der Waals surface area contributed by atoms with Crippen molar-refractivity contribution in [1.29, 1.82) is 0 Å². The van der Waals surface area contributed by atoms with Gasteiger partial charge in [-0.05, 0) is 22.9 Å². The van der Waals surface area contributed by atoms with Crippen LogP contribution in [-0.2, 0) is 48.7 Å². The van der Waals surface area contributed by atoms with Crippen molar-refractivity contribution in [2.75, 3.05) is 0 Å². The molecule has 0 saturated carbocycles. The number of benzene rings is 6. The zero-order chi connectivity index (χ0) is 34.4. The molecule has 0 heterocycles. The fourth-order valence-electron chi connectivity index (χ4n) is 4.65. The predicted molar refractivity (Wildman–Crippen MR) is 197 cm³/mol. The summed E-state index contributed by atoms with van der Waals surface area (Å²) in [7, 11) is 7.10. The summed E-state index contributed by atoms with van der Waals surface area (Å²) in [6, 6.07) is 61.6. The van der Waals surface area contributed by atoms with Gasteiger partial charge in [-0.3, -0.25) is 9.59 Å². The van der Waals surface area contributed by atoms with Crippen molar-refractivity contribution in [3.8, 4) is 0 Å². The first kappa shape index (κ1) is 39.9. The van der Waals surface area contributed by atoms with E-state index in [-0.39, 0.29) is 11.0 Å². The Morgan fingerprint density at radius 2 is 0.729 bits per heavy atom. The third kappa shape index (κ3) is 13.0. The Balaban J connectivity index is 0.000000236. The molecule has 6 aromatic carbocycles. The quantitative estimate of drug-likeness (QED) is 0.0780. The summed E-state index contributed by atoms with van der Waals surface area (Å²) in [4.78, 5) is 25.9. The fourth-order valence-corrected chi connectivity index (χ4v) is 8.83. The number of carbonyl (C=O) groups excluding carboxylic acids is 2. The van der Waals surface area contributed by atoms with Crippen molar-refractivity contribution < 1.29 is 46.0 Å². The van der Waals surface area contributed by atoms with Crippen LogP contribution in [0.1, 0.15) is 31.8 Å². The molecule has 0 amide bonds. The van der Waals surface area contributed by atoms with Crippen molar-refractivity contribution in [2.24, 2.45) is 0 Å². The van der Waals surface area contributed by atoms with Gasteiger partial charge in [0.15, 0.2) is 11.0 Å². The Morgan fingerprint density at radius 1 is 0.438 bits per heavy atom. The summed E-state index contributed by atoms with van der Waals surface area (Å²) < 4.78 is 0. The first-order chi connectivity index (χ1) is 23.7. The molecule has 0 aliphatic heterocycles. The molecule has 0 radical (unpaired) electrons. The normalized spacial score (nSPS) is 11.1. The third-order valence-electron chi connectivity index (χ3n) is 6.87. The van der Waals surface area contributed by atoms with Gasteiger partial charge in [0.25, 0.3) is 0 Å². The maximum absolute atomic E-state index is 13.0. The van der Waals surface area contributed by atoms with Gasteiger partial charge in [-0.1, -0.05) is 121 Å². The molecule has 0 saturated heterocycles. The van der Waals surface area contributed by atoms with Crippen LogP contribution >= 0.6 is 34.9 Å². The van der Waals surface area contributed by atoms with E-state index in [0.717, 1.165) is 45.2 Å². The predicted octanol–water partition coefficient (Wildman–Crippen LogP) is 10.6. The molecule has 0 spiro atoms. The van der Waals surface area contributed by atoms with E-state index < -0.39 is 15.8 Å². The van der Waals surface area contributed by atoms with Crippen molar-refractivity contribution in [3.63, 3.8) is 0 Å².